The number of carbonyl (C=O) groups is 1. The zero-order chi connectivity index (χ0) is 12.3. The quantitative estimate of drug-likeness (QED) is 0.855. The largest absolute Gasteiger partial charge is 0.382 e. The summed E-state index contributed by atoms with van der Waals surface area (Å²) < 4.78 is 1.52. The summed E-state index contributed by atoms with van der Waals surface area (Å²) in [6, 6.07) is 5.72. The molecule has 2 heterocycles. The first-order valence-corrected chi connectivity index (χ1v) is 6.06. The molecule has 0 bridgehead atoms. The molecule has 0 saturated heterocycles. The molecule has 0 aliphatic rings. The van der Waals surface area contributed by atoms with E-state index in [2.05, 4.69) is 10.4 Å². The summed E-state index contributed by atoms with van der Waals surface area (Å²) in [5.41, 5.74) is 5.46. The van der Waals surface area contributed by atoms with Crippen LogP contribution in [0.2, 0.25) is 0 Å². The Labute approximate surface area is 103 Å². The third kappa shape index (κ3) is 3.32. The number of rotatable bonds is 4. The second-order valence-corrected chi connectivity index (χ2v) is 5.10. The Balaban J connectivity index is 1.82. The lowest BCUT2D eigenvalue weighted by molar-refractivity contribution is -0.122. The second kappa shape index (κ2) is 5.01. The Morgan fingerprint density at radius 3 is 2.94 bits per heavy atom. The van der Waals surface area contributed by atoms with Gasteiger partial charge in [0.15, 0.2) is 0 Å². The molecule has 2 aromatic rings. The zero-order valence-electron chi connectivity index (χ0n) is 9.51. The van der Waals surface area contributed by atoms with Crippen LogP contribution in [-0.4, -0.2) is 15.7 Å². The van der Waals surface area contributed by atoms with Crippen molar-refractivity contribution in [2.75, 3.05) is 5.73 Å². The lowest BCUT2D eigenvalue weighted by atomic mass is 10.4. The van der Waals surface area contributed by atoms with Gasteiger partial charge in [0.25, 0.3) is 0 Å². The monoisotopic (exact) mass is 250 g/mol. The van der Waals surface area contributed by atoms with Crippen molar-refractivity contribution in [1.29, 1.82) is 0 Å². The highest BCUT2D eigenvalue weighted by molar-refractivity contribution is 7.11. The molecular formula is C11H14N4OS. The third-order valence-corrected chi connectivity index (χ3v) is 3.22. The van der Waals surface area contributed by atoms with E-state index in [0.717, 1.165) is 4.88 Å². The first-order chi connectivity index (χ1) is 8.13. The van der Waals surface area contributed by atoms with Crippen molar-refractivity contribution in [3.05, 3.63) is 34.2 Å². The van der Waals surface area contributed by atoms with E-state index in [1.165, 1.54) is 9.56 Å². The maximum atomic E-state index is 11.6. The molecule has 2 aromatic heterocycles. The van der Waals surface area contributed by atoms with Crippen LogP contribution in [0.1, 0.15) is 9.75 Å². The highest BCUT2D eigenvalue weighted by atomic mass is 32.1. The van der Waals surface area contributed by atoms with E-state index >= 15 is 0 Å². The van der Waals surface area contributed by atoms with Gasteiger partial charge in [0.05, 0.1) is 6.54 Å². The number of nitrogens with zero attached hydrogens (tertiary/aromatic N) is 2. The molecule has 0 aliphatic heterocycles. The summed E-state index contributed by atoms with van der Waals surface area (Å²) in [7, 11) is 0. The van der Waals surface area contributed by atoms with Crippen molar-refractivity contribution in [2.45, 2.75) is 20.0 Å². The van der Waals surface area contributed by atoms with Crippen LogP contribution in [0.15, 0.2) is 24.4 Å². The van der Waals surface area contributed by atoms with E-state index < -0.39 is 0 Å². The smallest absolute Gasteiger partial charge is 0.242 e. The van der Waals surface area contributed by atoms with Crippen LogP contribution in [0.5, 0.6) is 0 Å². The van der Waals surface area contributed by atoms with E-state index in [-0.39, 0.29) is 12.5 Å². The minimum atomic E-state index is -0.0702. The molecule has 5 nitrogen and oxygen atoms in total. The van der Waals surface area contributed by atoms with Crippen LogP contribution in [-0.2, 0) is 17.9 Å². The number of anilines is 1. The molecule has 0 unspecified atom stereocenters. The van der Waals surface area contributed by atoms with Gasteiger partial charge >= 0.3 is 0 Å². The third-order valence-electron chi connectivity index (χ3n) is 2.22. The predicted molar refractivity (Wildman–Crippen MR) is 67.5 cm³/mol. The first kappa shape index (κ1) is 11.7. The standard InChI is InChI=1S/C11H14N4OS/c1-8-2-3-9(17-8)6-13-11(16)7-15-5-4-10(12)14-15/h2-5H,6-7H2,1H3,(H2,12,14)(H,13,16). The summed E-state index contributed by atoms with van der Waals surface area (Å²) in [5.74, 6) is 0.353. The summed E-state index contributed by atoms with van der Waals surface area (Å²) in [6.45, 7) is 2.80. The average molecular weight is 250 g/mol. The molecule has 0 aromatic carbocycles. The number of hydrogen-bond donors (Lipinski definition) is 2. The van der Waals surface area contributed by atoms with Crippen molar-refractivity contribution >= 4 is 23.1 Å². The fourth-order valence-corrected chi connectivity index (χ4v) is 2.26. The van der Waals surface area contributed by atoms with Gasteiger partial charge in [-0.2, -0.15) is 5.10 Å². The first-order valence-electron chi connectivity index (χ1n) is 5.24. The molecule has 2 rings (SSSR count). The maximum Gasteiger partial charge on any atom is 0.242 e. The summed E-state index contributed by atoms with van der Waals surface area (Å²) in [4.78, 5) is 14.0. The van der Waals surface area contributed by atoms with Crippen LogP contribution >= 0.6 is 11.3 Å². The normalized spacial score (nSPS) is 10.4. The van der Waals surface area contributed by atoms with Crippen molar-refractivity contribution < 1.29 is 4.79 Å². The molecule has 0 atom stereocenters. The number of aromatic nitrogens is 2. The lowest BCUT2D eigenvalue weighted by Crippen LogP contribution is -2.27. The van der Waals surface area contributed by atoms with Gasteiger partial charge in [-0.15, -0.1) is 11.3 Å². The lowest BCUT2D eigenvalue weighted by Gasteiger charge is -2.03. The Morgan fingerprint density at radius 1 is 1.53 bits per heavy atom. The van der Waals surface area contributed by atoms with Crippen molar-refractivity contribution in [2.24, 2.45) is 0 Å². The summed E-state index contributed by atoms with van der Waals surface area (Å²) in [5, 5.41) is 6.79. The number of thiophene rings is 1. The fraction of sp³-hybridized carbons (Fsp3) is 0.273. The van der Waals surface area contributed by atoms with Gasteiger partial charge in [-0.1, -0.05) is 0 Å². The molecule has 90 valence electrons. The van der Waals surface area contributed by atoms with E-state index in [9.17, 15) is 4.79 Å². The predicted octanol–water partition coefficient (Wildman–Crippen LogP) is 1.15. The van der Waals surface area contributed by atoms with Crippen LogP contribution < -0.4 is 11.1 Å². The van der Waals surface area contributed by atoms with Crippen LogP contribution in [0, 0.1) is 6.92 Å². The number of hydrogen-bond acceptors (Lipinski definition) is 4. The topological polar surface area (TPSA) is 72.9 Å². The Hall–Kier alpha value is -1.82. The minimum Gasteiger partial charge on any atom is -0.382 e. The van der Waals surface area contributed by atoms with Gasteiger partial charge in [0, 0.05) is 16.0 Å². The maximum absolute atomic E-state index is 11.6. The van der Waals surface area contributed by atoms with E-state index in [4.69, 9.17) is 5.73 Å². The van der Waals surface area contributed by atoms with Gasteiger partial charge in [0.2, 0.25) is 5.91 Å². The Morgan fingerprint density at radius 2 is 2.35 bits per heavy atom. The highest BCUT2D eigenvalue weighted by Crippen LogP contribution is 2.14. The molecule has 17 heavy (non-hydrogen) atoms. The van der Waals surface area contributed by atoms with Gasteiger partial charge < -0.3 is 11.1 Å². The number of nitrogens with two attached hydrogens (primary N) is 1. The molecule has 0 aliphatic carbocycles. The van der Waals surface area contributed by atoms with Crippen molar-refractivity contribution in [1.82, 2.24) is 15.1 Å². The molecule has 1 amide bonds. The second-order valence-electron chi connectivity index (χ2n) is 3.73. The van der Waals surface area contributed by atoms with Crippen molar-refractivity contribution in [3.63, 3.8) is 0 Å². The number of amides is 1. The number of nitrogen functional groups attached to an aromatic ring is 1. The van der Waals surface area contributed by atoms with Crippen molar-refractivity contribution in [3.8, 4) is 0 Å². The van der Waals surface area contributed by atoms with Crippen LogP contribution in [0.4, 0.5) is 5.82 Å². The molecule has 0 spiro atoms. The highest BCUT2D eigenvalue weighted by Gasteiger charge is 2.04. The zero-order valence-corrected chi connectivity index (χ0v) is 10.3. The molecule has 0 radical (unpaired) electrons. The fourth-order valence-electron chi connectivity index (χ4n) is 1.43. The Bertz CT molecular complexity index is 517. The number of nitrogens with one attached hydrogen (secondary N) is 1. The van der Waals surface area contributed by atoms with Crippen LogP contribution in [0.25, 0.3) is 0 Å². The molecule has 0 saturated carbocycles. The SMILES string of the molecule is Cc1ccc(CNC(=O)Cn2ccc(N)n2)s1. The Kier molecular flexibility index (Phi) is 3.43. The van der Waals surface area contributed by atoms with E-state index in [1.54, 1.807) is 23.6 Å². The van der Waals surface area contributed by atoms with Gasteiger partial charge in [-0.25, -0.2) is 0 Å². The van der Waals surface area contributed by atoms with Crippen LogP contribution in [0.3, 0.4) is 0 Å². The van der Waals surface area contributed by atoms with Gasteiger partial charge in [-0.05, 0) is 25.1 Å². The number of aryl methyl sites for hydroxylation is 1. The minimum absolute atomic E-state index is 0.0702. The van der Waals surface area contributed by atoms with E-state index in [0.29, 0.717) is 12.4 Å². The molecule has 3 N–H and O–H groups in total. The molecule has 0 fully saturated rings. The van der Waals surface area contributed by atoms with Gasteiger partial charge in [0.1, 0.15) is 12.4 Å². The average Bonchev–Trinajstić information content (AvgIpc) is 2.85. The molecular weight excluding hydrogens is 236 g/mol. The summed E-state index contributed by atoms with van der Waals surface area (Å²) >= 11 is 1.68. The van der Waals surface area contributed by atoms with E-state index in [1.807, 2.05) is 19.1 Å². The van der Waals surface area contributed by atoms with Gasteiger partial charge in [-0.3, -0.25) is 9.48 Å². The summed E-state index contributed by atoms with van der Waals surface area (Å²) in [6.07, 6.45) is 1.68. The number of carbonyl (C=O) groups excluding carboxylic acids is 1. The molecule has 6 heteroatoms.